The lowest BCUT2D eigenvalue weighted by Gasteiger charge is -2.13. The number of carbonyl (C=O) groups excluding carboxylic acids is 2. The number of rotatable bonds is 7. The third-order valence-corrected chi connectivity index (χ3v) is 2.08. The van der Waals surface area contributed by atoms with E-state index >= 15 is 0 Å². The van der Waals surface area contributed by atoms with Crippen LogP contribution in [-0.2, 0) is 9.59 Å². The summed E-state index contributed by atoms with van der Waals surface area (Å²) in [5.41, 5.74) is 0. The summed E-state index contributed by atoms with van der Waals surface area (Å²) in [5, 5.41) is 13.2. The zero-order valence-electron chi connectivity index (χ0n) is 11.0. The average molecular weight is 259 g/mol. The standard InChI is InChI=1S/C11H21N3O4/c1-8(2)4-5-12-11(18)13-9(15)6-14(3)7-10(16)17/h8H,4-7H2,1-3H3,(H,16,17)(H2,12,13,15,18). The molecule has 7 heteroatoms. The summed E-state index contributed by atoms with van der Waals surface area (Å²) in [7, 11) is 1.49. The van der Waals surface area contributed by atoms with Crippen LogP contribution in [0.2, 0.25) is 0 Å². The quantitative estimate of drug-likeness (QED) is 0.592. The van der Waals surface area contributed by atoms with Gasteiger partial charge in [0.15, 0.2) is 0 Å². The van der Waals surface area contributed by atoms with Crippen LogP contribution in [0.25, 0.3) is 0 Å². The van der Waals surface area contributed by atoms with Gasteiger partial charge in [0.2, 0.25) is 5.91 Å². The number of nitrogens with zero attached hydrogens (tertiary/aromatic N) is 1. The summed E-state index contributed by atoms with van der Waals surface area (Å²) in [6.45, 7) is 4.19. The van der Waals surface area contributed by atoms with Gasteiger partial charge < -0.3 is 10.4 Å². The number of likely N-dealkylation sites (N-methyl/N-ethyl adjacent to an activating group) is 1. The van der Waals surface area contributed by atoms with Gasteiger partial charge in [-0.15, -0.1) is 0 Å². The van der Waals surface area contributed by atoms with Crippen molar-refractivity contribution < 1.29 is 19.5 Å². The second-order valence-corrected chi connectivity index (χ2v) is 4.55. The van der Waals surface area contributed by atoms with Gasteiger partial charge in [-0.2, -0.15) is 0 Å². The molecule has 0 heterocycles. The molecule has 0 aromatic rings. The van der Waals surface area contributed by atoms with Crippen LogP contribution >= 0.6 is 0 Å². The fourth-order valence-corrected chi connectivity index (χ4v) is 1.22. The number of hydrogen-bond acceptors (Lipinski definition) is 4. The first-order chi connectivity index (χ1) is 8.31. The Labute approximate surface area is 107 Å². The summed E-state index contributed by atoms with van der Waals surface area (Å²) in [6.07, 6.45) is 0.834. The molecule has 3 amide bonds. The van der Waals surface area contributed by atoms with Crippen molar-refractivity contribution in [2.45, 2.75) is 20.3 Å². The topological polar surface area (TPSA) is 98.7 Å². The fourth-order valence-electron chi connectivity index (χ4n) is 1.22. The Morgan fingerprint density at radius 1 is 1.22 bits per heavy atom. The van der Waals surface area contributed by atoms with Crippen LogP contribution in [0.1, 0.15) is 20.3 Å². The number of carbonyl (C=O) groups is 3. The van der Waals surface area contributed by atoms with Crippen LogP contribution in [0.3, 0.4) is 0 Å². The normalized spacial score (nSPS) is 10.5. The highest BCUT2D eigenvalue weighted by Gasteiger charge is 2.12. The molecule has 0 fully saturated rings. The van der Waals surface area contributed by atoms with E-state index in [-0.39, 0.29) is 13.1 Å². The van der Waals surface area contributed by atoms with E-state index in [1.807, 2.05) is 13.8 Å². The van der Waals surface area contributed by atoms with E-state index < -0.39 is 17.9 Å². The Hall–Kier alpha value is -1.63. The number of amides is 3. The van der Waals surface area contributed by atoms with Gasteiger partial charge in [0, 0.05) is 6.54 Å². The van der Waals surface area contributed by atoms with E-state index in [1.54, 1.807) is 0 Å². The molecular weight excluding hydrogens is 238 g/mol. The van der Waals surface area contributed by atoms with Gasteiger partial charge in [0.05, 0.1) is 13.1 Å². The maximum absolute atomic E-state index is 11.3. The first-order valence-electron chi connectivity index (χ1n) is 5.79. The van der Waals surface area contributed by atoms with Gasteiger partial charge in [0.1, 0.15) is 0 Å². The number of nitrogens with one attached hydrogen (secondary N) is 2. The Balaban J connectivity index is 3.80. The third-order valence-electron chi connectivity index (χ3n) is 2.08. The van der Waals surface area contributed by atoms with Crippen molar-refractivity contribution in [3.8, 4) is 0 Å². The molecule has 0 spiro atoms. The summed E-state index contributed by atoms with van der Waals surface area (Å²) in [6, 6.07) is -0.552. The number of carboxylic acids is 1. The number of imide groups is 1. The average Bonchev–Trinajstić information content (AvgIpc) is 2.14. The minimum Gasteiger partial charge on any atom is -0.480 e. The lowest BCUT2D eigenvalue weighted by molar-refractivity contribution is -0.138. The summed E-state index contributed by atoms with van der Waals surface area (Å²) in [4.78, 5) is 34.3. The Bertz CT molecular complexity index is 305. The number of urea groups is 1. The van der Waals surface area contributed by atoms with Crippen LogP contribution in [0, 0.1) is 5.92 Å². The van der Waals surface area contributed by atoms with Gasteiger partial charge in [-0.1, -0.05) is 13.8 Å². The highest BCUT2D eigenvalue weighted by Crippen LogP contribution is 1.95. The largest absolute Gasteiger partial charge is 0.480 e. The maximum Gasteiger partial charge on any atom is 0.321 e. The lowest BCUT2D eigenvalue weighted by atomic mass is 10.1. The summed E-state index contributed by atoms with van der Waals surface area (Å²) < 4.78 is 0. The molecule has 0 saturated heterocycles. The summed E-state index contributed by atoms with van der Waals surface area (Å²) in [5.74, 6) is -1.07. The van der Waals surface area contributed by atoms with Gasteiger partial charge in [0.25, 0.3) is 0 Å². The van der Waals surface area contributed by atoms with Crippen LogP contribution in [0.15, 0.2) is 0 Å². The predicted molar refractivity (Wildman–Crippen MR) is 66.1 cm³/mol. The highest BCUT2D eigenvalue weighted by atomic mass is 16.4. The molecule has 7 nitrogen and oxygen atoms in total. The van der Waals surface area contributed by atoms with Crippen molar-refractivity contribution in [2.75, 3.05) is 26.7 Å². The highest BCUT2D eigenvalue weighted by molar-refractivity contribution is 5.95. The molecule has 0 radical (unpaired) electrons. The smallest absolute Gasteiger partial charge is 0.321 e. The Morgan fingerprint density at radius 2 is 1.83 bits per heavy atom. The molecule has 0 unspecified atom stereocenters. The van der Waals surface area contributed by atoms with Crippen molar-refractivity contribution in [1.29, 1.82) is 0 Å². The lowest BCUT2D eigenvalue weighted by Crippen LogP contribution is -2.44. The van der Waals surface area contributed by atoms with Crippen LogP contribution in [-0.4, -0.2) is 54.6 Å². The molecule has 104 valence electrons. The SMILES string of the molecule is CC(C)CCNC(=O)NC(=O)CN(C)CC(=O)O. The molecule has 0 aliphatic heterocycles. The maximum atomic E-state index is 11.3. The molecule has 0 aliphatic rings. The van der Waals surface area contributed by atoms with E-state index in [9.17, 15) is 14.4 Å². The number of hydrogen-bond donors (Lipinski definition) is 3. The minimum absolute atomic E-state index is 0.135. The van der Waals surface area contributed by atoms with Crippen LogP contribution < -0.4 is 10.6 Å². The molecule has 0 rings (SSSR count). The summed E-state index contributed by atoms with van der Waals surface area (Å²) >= 11 is 0. The van der Waals surface area contributed by atoms with Gasteiger partial charge in [-0.05, 0) is 19.4 Å². The molecule has 0 saturated carbocycles. The van der Waals surface area contributed by atoms with Crippen molar-refractivity contribution in [1.82, 2.24) is 15.5 Å². The molecule has 3 N–H and O–H groups in total. The molecule has 0 aliphatic carbocycles. The van der Waals surface area contributed by atoms with E-state index in [0.717, 1.165) is 6.42 Å². The first-order valence-corrected chi connectivity index (χ1v) is 5.79. The van der Waals surface area contributed by atoms with Crippen molar-refractivity contribution in [3.05, 3.63) is 0 Å². The van der Waals surface area contributed by atoms with Crippen molar-refractivity contribution in [2.24, 2.45) is 5.92 Å². The Morgan fingerprint density at radius 3 is 2.33 bits per heavy atom. The zero-order chi connectivity index (χ0) is 14.1. The van der Waals surface area contributed by atoms with E-state index in [0.29, 0.717) is 12.5 Å². The van der Waals surface area contributed by atoms with Gasteiger partial charge in [-0.3, -0.25) is 19.8 Å². The van der Waals surface area contributed by atoms with E-state index in [4.69, 9.17) is 5.11 Å². The van der Waals surface area contributed by atoms with Crippen molar-refractivity contribution in [3.63, 3.8) is 0 Å². The number of aliphatic carboxylic acids is 1. The van der Waals surface area contributed by atoms with E-state index in [1.165, 1.54) is 11.9 Å². The predicted octanol–water partition coefficient (Wildman–Crippen LogP) is -0.125. The fraction of sp³-hybridized carbons (Fsp3) is 0.727. The van der Waals surface area contributed by atoms with Crippen molar-refractivity contribution >= 4 is 17.9 Å². The molecule has 18 heavy (non-hydrogen) atoms. The first kappa shape index (κ1) is 16.4. The monoisotopic (exact) mass is 259 g/mol. The molecule has 0 aromatic heterocycles. The molecular formula is C11H21N3O4. The van der Waals surface area contributed by atoms with Crippen LogP contribution in [0.4, 0.5) is 4.79 Å². The van der Waals surface area contributed by atoms with E-state index in [2.05, 4.69) is 10.6 Å². The third kappa shape index (κ3) is 9.59. The molecule has 0 aromatic carbocycles. The zero-order valence-corrected chi connectivity index (χ0v) is 11.0. The molecule has 0 bridgehead atoms. The van der Waals surface area contributed by atoms with Gasteiger partial charge >= 0.3 is 12.0 Å². The molecule has 0 atom stereocenters. The Kier molecular flexibility index (Phi) is 7.69. The van der Waals surface area contributed by atoms with Gasteiger partial charge in [-0.25, -0.2) is 4.79 Å². The number of carboxylic acid groups (broad SMARTS) is 1. The minimum atomic E-state index is -1.02. The second-order valence-electron chi connectivity index (χ2n) is 4.55. The second kappa shape index (κ2) is 8.46. The van der Waals surface area contributed by atoms with Crippen LogP contribution in [0.5, 0.6) is 0 Å².